The molecule has 164 valence electrons. The Morgan fingerprint density at radius 2 is 0.500 bits per heavy atom. The Morgan fingerprint density at radius 3 is 0.714 bits per heavy atom. The summed E-state index contributed by atoms with van der Waals surface area (Å²) in [6, 6.07) is 0. The second-order valence-corrected chi connectivity index (χ2v) is 15.5. The van der Waals surface area contributed by atoms with Gasteiger partial charge in [0.05, 0.1) is 0 Å². The van der Waals surface area contributed by atoms with E-state index in [0.717, 1.165) is 0 Å². The fourth-order valence-corrected chi connectivity index (χ4v) is 13.8. The van der Waals surface area contributed by atoms with E-state index >= 15 is 0 Å². The molecule has 0 bridgehead atoms. The van der Waals surface area contributed by atoms with Crippen LogP contribution in [-0.4, -0.2) is 15.5 Å². The van der Waals surface area contributed by atoms with Gasteiger partial charge in [0.2, 0.25) is 0 Å². The van der Waals surface area contributed by atoms with Gasteiger partial charge in [-0.05, 0) is 54.0 Å². The Kier molecular flexibility index (Phi) is 8.78. The molecule has 0 radical (unpaired) electrons. The third-order valence-corrected chi connectivity index (χ3v) is 13.5. The standard InChI is InChI=1S/C27H51P/c1-25(19-13-7-4-8-14-20-25)28(26(2)21-15-9-5-10-16-22-26)27(3)23-17-11-6-12-18-24-27/h4-24H2,1-3H3. The summed E-state index contributed by atoms with van der Waals surface area (Å²) in [7, 11) is 0.0521. The molecule has 0 unspecified atom stereocenters. The van der Waals surface area contributed by atoms with E-state index in [2.05, 4.69) is 20.8 Å². The van der Waals surface area contributed by atoms with Crippen LogP contribution in [0.15, 0.2) is 0 Å². The zero-order valence-corrected chi connectivity index (χ0v) is 20.7. The Balaban J connectivity index is 1.95. The summed E-state index contributed by atoms with van der Waals surface area (Å²) in [6.45, 7) is 8.41. The average Bonchev–Trinajstić information content (AvgIpc) is 2.60. The van der Waals surface area contributed by atoms with Crippen LogP contribution in [-0.2, 0) is 0 Å². The van der Waals surface area contributed by atoms with Crippen molar-refractivity contribution in [1.82, 2.24) is 0 Å². The molecule has 0 spiro atoms. The van der Waals surface area contributed by atoms with Gasteiger partial charge in [-0.3, -0.25) is 0 Å². The van der Waals surface area contributed by atoms with Crippen LogP contribution in [0.25, 0.3) is 0 Å². The van der Waals surface area contributed by atoms with Gasteiger partial charge in [-0.25, -0.2) is 0 Å². The van der Waals surface area contributed by atoms with Crippen molar-refractivity contribution in [3.8, 4) is 0 Å². The second kappa shape index (κ2) is 10.6. The number of rotatable bonds is 3. The summed E-state index contributed by atoms with van der Waals surface area (Å²) < 4.78 is 0. The van der Waals surface area contributed by atoms with E-state index in [-0.39, 0.29) is 7.92 Å². The molecular weight excluding hydrogens is 355 g/mol. The van der Waals surface area contributed by atoms with Crippen LogP contribution in [0.2, 0.25) is 0 Å². The normalized spacial score (nSPS) is 29.6. The molecule has 3 fully saturated rings. The van der Waals surface area contributed by atoms with Crippen LogP contribution in [0.5, 0.6) is 0 Å². The average molecular weight is 407 g/mol. The highest BCUT2D eigenvalue weighted by Crippen LogP contribution is 2.75. The van der Waals surface area contributed by atoms with Gasteiger partial charge >= 0.3 is 0 Å². The van der Waals surface area contributed by atoms with Crippen molar-refractivity contribution in [1.29, 1.82) is 0 Å². The van der Waals surface area contributed by atoms with Gasteiger partial charge in [-0.1, -0.05) is 125 Å². The molecule has 3 aliphatic rings. The zero-order chi connectivity index (χ0) is 19.9. The van der Waals surface area contributed by atoms with E-state index in [0.29, 0.717) is 15.5 Å². The van der Waals surface area contributed by atoms with E-state index in [1.165, 1.54) is 96.3 Å². The zero-order valence-electron chi connectivity index (χ0n) is 19.8. The summed E-state index contributed by atoms with van der Waals surface area (Å²) in [5.74, 6) is 0. The van der Waals surface area contributed by atoms with Crippen LogP contribution in [0.1, 0.15) is 156 Å². The molecule has 0 saturated heterocycles. The molecule has 28 heavy (non-hydrogen) atoms. The lowest BCUT2D eigenvalue weighted by Gasteiger charge is -2.59. The van der Waals surface area contributed by atoms with Crippen LogP contribution < -0.4 is 0 Å². The van der Waals surface area contributed by atoms with Crippen molar-refractivity contribution in [2.75, 3.05) is 0 Å². The molecule has 3 saturated carbocycles. The molecule has 0 atom stereocenters. The van der Waals surface area contributed by atoms with Crippen LogP contribution >= 0.6 is 7.92 Å². The van der Waals surface area contributed by atoms with Crippen molar-refractivity contribution < 1.29 is 0 Å². The molecule has 3 aliphatic carbocycles. The van der Waals surface area contributed by atoms with Gasteiger partial charge in [-0.15, -0.1) is 0 Å². The molecule has 0 aromatic rings. The number of hydrogen-bond donors (Lipinski definition) is 0. The smallest absolute Gasteiger partial charge is 0.0113 e. The first kappa shape index (κ1) is 23.1. The highest BCUT2D eigenvalue weighted by atomic mass is 31.1. The van der Waals surface area contributed by atoms with E-state index in [9.17, 15) is 0 Å². The topological polar surface area (TPSA) is 0 Å². The molecule has 0 aliphatic heterocycles. The summed E-state index contributed by atoms with van der Waals surface area (Å²) in [4.78, 5) is 0. The molecule has 0 amide bonds. The van der Waals surface area contributed by atoms with Gasteiger partial charge < -0.3 is 0 Å². The lowest BCUT2D eigenvalue weighted by atomic mass is 9.89. The third-order valence-electron chi connectivity index (χ3n) is 8.91. The Bertz CT molecular complexity index is 363. The lowest BCUT2D eigenvalue weighted by molar-refractivity contribution is 0.362. The molecule has 0 N–H and O–H groups in total. The molecule has 1 heteroatoms. The highest BCUT2D eigenvalue weighted by Gasteiger charge is 2.52. The third kappa shape index (κ3) is 5.77. The minimum absolute atomic E-state index is 0.0521. The van der Waals surface area contributed by atoms with Crippen LogP contribution in [0, 0.1) is 0 Å². The van der Waals surface area contributed by atoms with Gasteiger partial charge in [-0.2, -0.15) is 0 Å². The van der Waals surface area contributed by atoms with Crippen molar-refractivity contribution >= 4 is 7.92 Å². The highest BCUT2D eigenvalue weighted by molar-refractivity contribution is 7.62. The summed E-state index contributed by atoms with van der Waals surface area (Å²) >= 11 is 0. The molecule has 0 heterocycles. The monoisotopic (exact) mass is 406 g/mol. The van der Waals surface area contributed by atoms with E-state index in [1.54, 1.807) is 38.5 Å². The number of hydrogen-bond acceptors (Lipinski definition) is 0. The molecule has 0 nitrogen and oxygen atoms in total. The maximum absolute atomic E-state index is 2.80. The Hall–Kier alpha value is 0.430. The van der Waals surface area contributed by atoms with Crippen molar-refractivity contribution in [3.05, 3.63) is 0 Å². The van der Waals surface area contributed by atoms with E-state index < -0.39 is 0 Å². The Morgan fingerprint density at radius 1 is 0.321 bits per heavy atom. The van der Waals surface area contributed by atoms with Crippen LogP contribution in [0.3, 0.4) is 0 Å². The van der Waals surface area contributed by atoms with Crippen molar-refractivity contribution in [2.24, 2.45) is 0 Å². The maximum atomic E-state index is 2.80. The molecule has 0 aromatic carbocycles. The van der Waals surface area contributed by atoms with Gasteiger partial charge in [0.15, 0.2) is 0 Å². The Labute approximate surface area is 179 Å². The minimum Gasteiger partial charge on any atom is -0.0884 e. The summed E-state index contributed by atoms with van der Waals surface area (Å²) in [5.41, 5.74) is 0. The van der Waals surface area contributed by atoms with E-state index in [4.69, 9.17) is 0 Å². The predicted molar refractivity (Wildman–Crippen MR) is 129 cm³/mol. The maximum Gasteiger partial charge on any atom is -0.0113 e. The fourth-order valence-electron chi connectivity index (χ4n) is 7.63. The van der Waals surface area contributed by atoms with Gasteiger partial charge in [0.25, 0.3) is 0 Å². The fraction of sp³-hybridized carbons (Fsp3) is 1.00. The first-order chi connectivity index (χ1) is 13.5. The van der Waals surface area contributed by atoms with Crippen molar-refractivity contribution in [2.45, 2.75) is 171 Å². The molecule has 0 aromatic heterocycles. The van der Waals surface area contributed by atoms with Crippen LogP contribution in [0.4, 0.5) is 0 Å². The second-order valence-electron chi connectivity index (χ2n) is 11.6. The summed E-state index contributed by atoms with van der Waals surface area (Å²) in [6.07, 6.45) is 31.9. The lowest BCUT2D eigenvalue weighted by Crippen LogP contribution is -2.45. The first-order valence-electron chi connectivity index (χ1n) is 13.3. The largest absolute Gasteiger partial charge is 0.0884 e. The first-order valence-corrected chi connectivity index (χ1v) is 14.6. The molecule has 3 rings (SSSR count). The van der Waals surface area contributed by atoms with Crippen molar-refractivity contribution in [3.63, 3.8) is 0 Å². The van der Waals surface area contributed by atoms with Gasteiger partial charge in [0, 0.05) is 0 Å². The minimum atomic E-state index is 0.0521. The quantitative estimate of drug-likeness (QED) is 0.409. The van der Waals surface area contributed by atoms with Gasteiger partial charge in [0.1, 0.15) is 0 Å². The predicted octanol–water partition coefficient (Wildman–Crippen LogP) is 9.98. The van der Waals surface area contributed by atoms with E-state index in [1.807, 2.05) is 0 Å². The SMILES string of the molecule is CC1(P(C2(C)CCCCCCC2)C2(C)CCCCCCC2)CCCCCCC1. The molecular formula is C27H51P. The summed E-state index contributed by atoms with van der Waals surface area (Å²) in [5, 5.41) is 1.95.